The van der Waals surface area contributed by atoms with Crippen molar-refractivity contribution in [2.45, 2.75) is 37.8 Å². The number of amides is 1. The highest BCUT2D eigenvalue weighted by Crippen LogP contribution is 2.26. The van der Waals surface area contributed by atoms with Crippen LogP contribution in [0.5, 0.6) is 0 Å². The van der Waals surface area contributed by atoms with Crippen molar-refractivity contribution in [2.24, 2.45) is 10.7 Å². The molecule has 1 amide bonds. The van der Waals surface area contributed by atoms with E-state index in [9.17, 15) is 4.79 Å². The van der Waals surface area contributed by atoms with Crippen LogP contribution in [0.1, 0.15) is 41.7 Å². The molecule has 36 heavy (non-hydrogen) atoms. The fourth-order valence-corrected chi connectivity index (χ4v) is 4.23. The summed E-state index contributed by atoms with van der Waals surface area (Å²) >= 11 is 0. The highest BCUT2D eigenvalue weighted by Gasteiger charge is 2.21. The van der Waals surface area contributed by atoms with Gasteiger partial charge in [0, 0.05) is 61.3 Å². The number of fused-ring (bicyclic) bond motifs is 1. The molecule has 11 heteroatoms. The molecule has 1 fully saturated rings. The molecule has 1 aliphatic carbocycles. The summed E-state index contributed by atoms with van der Waals surface area (Å²) in [6.07, 6.45) is 12.1. The normalized spacial score (nSPS) is 17.8. The number of nitrogens with one attached hydrogen (secondary N) is 3. The fraction of sp³-hybridized carbons (Fsp3) is 0.280. The molecule has 11 nitrogen and oxygen atoms in total. The Morgan fingerprint density at radius 1 is 1.08 bits per heavy atom. The van der Waals surface area contributed by atoms with Crippen LogP contribution in [0, 0.1) is 0 Å². The van der Waals surface area contributed by atoms with Gasteiger partial charge in [0.15, 0.2) is 11.3 Å². The first-order valence-corrected chi connectivity index (χ1v) is 11.9. The lowest BCUT2D eigenvalue weighted by Crippen LogP contribution is -2.33. The molecule has 184 valence electrons. The monoisotopic (exact) mass is 484 g/mol. The summed E-state index contributed by atoms with van der Waals surface area (Å²) in [4.78, 5) is 30.1. The van der Waals surface area contributed by atoms with E-state index >= 15 is 0 Å². The van der Waals surface area contributed by atoms with Crippen LogP contribution >= 0.6 is 0 Å². The Bertz CT molecular complexity index is 1360. The number of pyridine rings is 2. The van der Waals surface area contributed by atoms with E-state index in [-0.39, 0.29) is 18.0 Å². The molecule has 5 rings (SSSR count). The molecule has 4 aromatic heterocycles. The summed E-state index contributed by atoms with van der Waals surface area (Å²) in [7, 11) is 1.72. The minimum atomic E-state index is -0.325. The molecule has 0 saturated heterocycles. The van der Waals surface area contributed by atoms with Crippen molar-refractivity contribution in [3.63, 3.8) is 0 Å². The Hall–Kier alpha value is -4.38. The molecule has 0 atom stereocenters. The topological polar surface area (TPSA) is 148 Å². The second-order valence-electron chi connectivity index (χ2n) is 8.76. The van der Waals surface area contributed by atoms with E-state index in [4.69, 9.17) is 10.8 Å². The van der Waals surface area contributed by atoms with Gasteiger partial charge >= 0.3 is 0 Å². The molecule has 1 saturated carbocycles. The number of aliphatic imine (C=N–C) groups is 1. The largest absolute Gasteiger partial charge is 0.366 e. The number of nitrogens with two attached hydrogens (primary N) is 1. The van der Waals surface area contributed by atoms with E-state index in [1.54, 1.807) is 48.5 Å². The van der Waals surface area contributed by atoms with E-state index in [1.165, 1.54) is 6.20 Å². The number of anilines is 4. The SMILES string of the molecule is CN=Cc1ccc(Nc2cc(NC3CCC(N)CC3)nn3c(C(=O)Nc4ccncc4)cnc23)nc1. The highest BCUT2D eigenvalue weighted by molar-refractivity contribution is 6.03. The van der Waals surface area contributed by atoms with Crippen LogP contribution < -0.4 is 21.7 Å². The Balaban J connectivity index is 1.48. The van der Waals surface area contributed by atoms with Gasteiger partial charge in [-0.05, 0) is 49.9 Å². The zero-order valence-corrected chi connectivity index (χ0v) is 19.9. The van der Waals surface area contributed by atoms with E-state index in [0.717, 1.165) is 31.2 Å². The summed E-state index contributed by atoms with van der Waals surface area (Å²) in [5.74, 6) is 0.946. The van der Waals surface area contributed by atoms with E-state index in [2.05, 4.69) is 35.9 Å². The zero-order valence-electron chi connectivity index (χ0n) is 19.9. The van der Waals surface area contributed by atoms with Gasteiger partial charge in [0.25, 0.3) is 5.91 Å². The van der Waals surface area contributed by atoms with Crippen molar-refractivity contribution in [3.05, 3.63) is 66.4 Å². The molecule has 0 spiro atoms. The standard InChI is InChI=1S/C25H28N10O/c1-27-13-16-2-7-22(29-14-16)33-20-12-23(31-18-5-3-17(26)4-6-18)34-35-21(15-30-24(20)35)25(36)32-19-8-10-28-11-9-19/h2,7-15,17-18H,3-6,26H2,1H3,(H,29,33)(H,31,34)(H,28,32,36). The molecule has 4 aromatic rings. The van der Waals surface area contributed by atoms with Gasteiger partial charge in [0.05, 0.1) is 11.9 Å². The average molecular weight is 485 g/mol. The lowest BCUT2D eigenvalue weighted by Gasteiger charge is -2.27. The first kappa shape index (κ1) is 23.4. The summed E-state index contributed by atoms with van der Waals surface area (Å²) in [6.45, 7) is 0. The molecule has 0 aromatic carbocycles. The van der Waals surface area contributed by atoms with Gasteiger partial charge in [-0.15, -0.1) is 5.10 Å². The minimum Gasteiger partial charge on any atom is -0.366 e. The third kappa shape index (κ3) is 5.31. The third-order valence-corrected chi connectivity index (χ3v) is 6.09. The van der Waals surface area contributed by atoms with Gasteiger partial charge in [-0.1, -0.05) is 0 Å². The molecule has 4 heterocycles. The molecular weight excluding hydrogens is 456 g/mol. The molecule has 0 radical (unpaired) electrons. The molecule has 1 aliphatic rings. The van der Waals surface area contributed by atoms with Crippen molar-refractivity contribution < 1.29 is 4.79 Å². The number of rotatable bonds is 7. The summed E-state index contributed by atoms with van der Waals surface area (Å²) in [5, 5.41) is 14.4. The smallest absolute Gasteiger partial charge is 0.276 e. The third-order valence-electron chi connectivity index (χ3n) is 6.09. The van der Waals surface area contributed by atoms with E-state index < -0.39 is 0 Å². The van der Waals surface area contributed by atoms with Gasteiger partial charge < -0.3 is 21.7 Å². The Labute approximate surface area is 208 Å². The Morgan fingerprint density at radius 2 is 1.89 bits per heavy atom. The molecule has 0 unspecified atom stereocenters. The highest BCUT2D eigenvalue weighted by atomic mass is 16.2. The maximum Gasteiger partial charge on any atom is 0.276 e. The second-order valence-corrected chi connectivity index (χ2v) is 8.76. The number of imidazole rings is 1. The number of carbonyl (C=O) groups excluding carboxylic acids is 1. The maximum atomic E-state index is 13.1. The lowest BCUT2D eigenvalue weighted by molar-refractivity contribution is 0.102. The van der Waals surface area contributed by atoms with E-state index in [0.29, 0.717) is 34.4 Å². The predicted molar refractivity (Wildman–Crippen MR) is 140 cm³/mol. The number of carbonyl (C=O) groups is 1. The number of nitrogens with zero attached hydrogens (tertiary/aromatic N) is 6. The zero-order chi connectivity index (χ0) is 24.9. The number of hydrogen-bond donors (Lipinski definition) is 4. The quantitative estimate of drug-likeness (QED) is 0.292. The van der Waals surface area contributed by atoms with Crippen molar-refractivity contribution in [2.75, 3.05) is 23.0 Å². The van der Waals surface area contributed by atoms with Gasteiger partial charge in [0.2, 0.25) is 0 Å². The summed E-state index contributed by atoms with van der Waals surface area (Å²) in [6, 6.07) is 9.63. The van der Waals surface area contributed by atoms with Crippen molar-refractivity contribution in [1.82, 2.24) is 24.6 Å². The van der Waals surface area contributed by atoms with Crippen molar-refractivity contribution in [1.29, 1.82) is 0 Å². The summed E-state index contributed by atoms with van der Waals surface area (Å²) < 4.78 is 1.55. The van der Waals surface area contributed by atoms with Gasteiger partial charge in [0.1, 0.15) is 11.6 Å². The van der Waals surface area contributed by atoms with Crippen molar-refractivity contribution in [3.8, 4) is 0 Å². The molecule has 0 bridgehead atoms. The fourth-order valence-electron chi connectivity index (χ4n) is 4.23. The lowest BCUT2D eigenvalue weighted by atomic mass is 9.92. The number of hydrogen-bond acceptors (Lipinski definition) is 9. The van der Waals surface area contributed by atoms with Crippen LogP contribution in [0.25, 0.3) is 5.65 Å². The Morgan fingerprint density at radius 3 is 2.61 bits per heavy atom. The van der Waals surface area contributed by atoms with Gasteiger partial charge in [-0.3, -0.25) is 14.8 Å². The predicted octanol–water partition coefficient (Wildman–Crippen LogP) is 3.25. The first-order chi connectivity index (χ1) is 17.6. The van der Waals surface area contributed by atoms with Crippen LogP contribution in [-0.4, -0.2) is 55.8 Å². The van der Waals surface area contributed by atoms with Crippen molar-refractivity contribution >= 4 is 40.8 Å². The van der Waals surface area contributed by atoms with Gasteiger partial charge in [-0.2, -0.15) is 0 Å². The van der Waals surface area contributed by atoms with Crippen LogP contribution in [0.2, 0.25) is 0 Å². The van der Waals surface area contributed by atoms with Gasteiger partial charge in [-0.25, -0.2) is 14.5 Å². The Kier molecular flexibility index (Phi) is 6.80. The van der Waals surface area contributed by atoms with E-state index in [1.807, 2.05) is 18.2 Å². The van der Waals surface area contributed by atoms with Crippen LogP contribution in [0.4, 0.5) is 23.0 Å². The summed E-state index contributed by atoms with van der Waals surface area (Å²) in [5.41, 5.74) is 9.10. The minimum absolute atomic E-state index is 0.250. The second kappa shape index (κ2) is 10.5. The average Bonchev–Trinajstić information content (AvgIpc) is 3.32. The molecule has 5 N–H and O–H groups in total. The maximum absolute atomic E-state index is 13.1. The molecule has 0 aliphatic heterocycles. The number of aromatic nitrogens is 5. The van der Waals surface area contributed by atoms with Crippen LogP contribution in [-0.2, 0) is 0 Å². The van der Waals surface area contributed by atoms with Crippen LogP contribution in [0.3, 0.4) is 0 Å². The first-order valence-electron chi connectivity index (χ1n) is 11.9. The van der Waals surface area contributed by atoms with Crippen LogP contribution in [0.15, 0.2) is 60.1 Å². The molecular formula is C25H28N10O.